The zero-order valence-electron chi connectivity index (χ0n) is 16.6. The summed E-state index contributed by atoms with van der Waals surface area (Å²) in [6.45, 7) is 4.59. The van der Waals surface area contributed by atoms with Gasteiger partial charge in [-0.05, 0) is 69.2 Å². The summed E-state index contributed by atoms with van der Waals surface area (Å²) in [5.74, 6) is 1.72. The maximum Gasteiger partial charge on any atom is 0.161 e. The molecule has 27 heavy (non-hydrogen) atoms. The third-order valence-electron chi connectivity index (χ3n) is 6.58. The van der Waals surface area contributed by atoms with Crippen LogP contribution < -0.4 is 9.47 Å². The van der Waals surface area contributed by atoms with Crippen molar-refractivity contribution >= 4 is 0 Å². The summed E-state index contributed by atoms with van der Waals surface area (Å²) in [4.78, 5) is 5.19. The first-order valence-electron chi connectivity index (χ1n) is 10.7. The van der Waals surface area contributed by atoms with Crippen molar-refractivity contribution in [1.82, 2.24) is 9.80 Å². The molecule has 5 heteroatoms. The van der Waals surface area contributed by atoms with Crippen molar-refractivity contribution in [3.05, 3.63) is 23.8 Å². The van der Waals surface area contributed by atoms with Gasteiger partial charge in [-0.1, -0.05) is 6.07 Å². The smallest absolute Gasteiger partial charge is 0.161 e. The summed E-state index contributed by atoms with van der Waals surface area (Å²) in [5, 5.41) is 9.52. The number of methoxy groups -OCH3 is 1. The van der Waals surface area contributed by atoms with Crippen molar-refractivity contribution in [3.63, 3.8) is 0 Å². The van der Waals surface area contributed by atoms with E-state index in [1.807, 2.05) is 0 Å². The van der Waals surface area contributed by atoms with E-state index in [1.54, 1.807) is 7.11 Å². The number of piperazine rings is 1. The van der Waals surface area contributed by atoms with Crippen molar-refractivity contribution < 1.29 is 14.6 Å². The molecule has 0 aromatic heterocycles. The average molecular weight is 375 g/mol. The molecule has 1 saturated carbocycles. The van der Waals surface area contributed by atoms with Gasteiger partial charge in [-0.2, -0.15) is 0 Å². The van der Waals surface area contributed by atoms with E-state index in [-0.39, 0.29) is 6.61 Å². The molecule has 2 saturated heterocycles. The van der Waals surface area contributed by atoms with Gasteiger partial charge in [0, 0.05) is 38.3 Å². The van der Waals surface area contributed by atoms with Crippen LogP contribution in [0.1, 0.15) is 50.5 Å². The largest absolute Gasteiger partial charge is 0.493 e. The Labute approximate surface area is 163 Å². The van der Waals surface area contributed by atoms with Gasteiger partial charge in [-0.15, -0.1) is 0 Å². The number of aliphatic hydroxyl groups is 1. The third kappa shape index (κ3) is 4.41. The molecule has 2 heterocycles. The lowest BCUT2D eigenvalue weighted by atomic mass is 10.0. The highest BCUT2D eigenvalue weighted by Crippen LogP contribution is 2.33. The number of nitrogens with zero attached hydrogens (tertiary/aromatic N) is 2. The summed E-state index contributed by atoms with van der Waals surface area (Å²) in [7, 11) is 1.73. The van der Waals surface area contributed by atoms with Gasteiger partial charge in [0.05, 0.1) is 13.2 Å². The molecule has 3 aliphatic rings. The first kappa shape index (κ1) is 19.0. The Bertz CT molecular complexity index is 618. The SMILES string of the molecule is COc1cc(CN2C[C@@H]3CCCN3C[C@@H]2CCO)ccc1OC1CCCC1. The lowest BCUT2D eigenvalue weighted by Gasteiger charge is -2.43. The summed E-state index contributed by atoms with van der Waals surface area (Å²) in [6.07, 6.45) is 8.65. The summed E-state index contributed by atoms with van der Waals surface area (Å²) < 4.78 is 11.8. The molecule has 1 N–H and O–H groups in total. The van der Waals surface area contributed by atoms with Gasteiger partial charge < -0.3 is 14.6 Å². The molecular formula is C22H34N2O3. The first-order chi connectivity index (χ1) is 13.3. The van der Waals surface area contributed by atoms with Gasteiger partial charge in [-0.25, -0.2) is 0 Å². The lowest BCUT2D eigenvalue weighted by molar-refractivity contribution is 0.0333. The highest BCUT2D eigenvalue weighted by molar-refractivity contribution is 5.43. The van der Waals surface area contributed by atoms with E-state index in [2.05, 4.69) is 28.0 Å². The van der Waals surface area contributed by atoms with Crippen LogP contribution in [0.25, 0.3) is 0 Å². The Morgan fingerprint density at radius 3 is 2.70 bits per heavy atom. The maximum absolute atomic E-state index is 9.52. The molecule has 1 aromatic rings. The van der Waals surface area contributed by atoms with Crippen molar-refractivity contribution in [2.45, 2.75) is 69.7 Å². The second-order valence-electron chi connectivity index (χ2n) is 8.40. The van der Waals surface area contributed by atoms with Crippen molar-refractivity contribution in [1.29, 1.82) is 0 Å². The number of aliphatic hydroxyl groups excluding tert-OH is 1. The van der Waals surface area contributed by atoms with E-state index in [1.165, 1.54) is 37.8 Å². The molecular weight excluding hydrogens is 340 g/mol. The van der Waals surface area contributed by atoms with E-state index in [0.717, 1.165) is 50.4 Å². The van der Waals surface area contributed by atoms with E-state index < -0.39 is 0 Å². The number of hydrogen-bond acceptors (Lipinski definition) is 5. The van der Waals surface area contributed by atoms with Gasteiger partial charge in [0.15, 0.2) is 11.5 Å². The Kier molecular flexibility index (Phi) is 6.21. The number of rotatable bonds is 7. The Hall–Kier alpha value is -1.30. The Morgan fingerprint density at radius 1 is 1.07 bits per heavy atom. The summed E-state index contributed by atoms with van der Waals surface area (Å²) in [5.41, 5.74) is 1.26. The number of ether oxygens (including phenoxy) is 2. The zero-order chi connectivity index (χ0) is 18.6. The molecule has 5 nitrogen and oxygen atoms in total. The van der Waals surface area contributed by atoms with E-state index >= 15 is 0 Å². The monoisotopic (exact) mass is 374 g/mol. The van der Waals surface area contributed by atoms with Crippen LogP contribution in [0.15, 0.2) is 18.2 Å². The van der Waals surface area contributed by atoms with E-state index in [4.69, 9.17) is 9.47 Å². The molecule has 0 bridgehead atoms. The highest BCUT2D eigenvalue weighted by Gasteiger charge is 2.35. The number of benzene rings is 1. The summed E-state index contributed by atoms with van der Waals surface area (Å²) in [6, 6.07) is 7.53. The molecule has 0 unspecified atom stereocenters. The number of fused-ring (bicyclic) bond motifs is 1. The first-order valence-corrected chi connectivity index (χ1v) is 10.7. The van der Waals surface area contributed by atoms with Crippen molar-refractivity contribution in [3.8, 4) is 11.5 Å². The van der Waals surface area contributed by atoms with Gasteiger partial charge in [-0.3, -0.25) is 9.80 Å². The fourth-order valence-corrected chi connectivity index (χ4v) is 5.09. The van der Waals surface area contributed by atoms with Crippen LogP contribution in [0, 0.1) is 0 Å². The molecule has 1 aliphatic carbocycles. The Balaban J connectivity index is 1.45. The molecule has 2 aliphatic heterocycles. The fraction of sp³-hybridized carbons (Fsp3) is 0.727. The standard InChI is InChI=1S/C22H34N2O3/c1-26-22-13-17(8-9-21(22)27-20-6-2-3-7-20)14-24-16-18-5-4-11-23(18)15-19(24)10-12-25/h8-9,13,18-20,25H,2-7,10-12,14-16H2,1H3/t18-,19-/m0/s1. The van der Waals surface area contributed by atoms with Crippen LogP contribution in [0.3, 0.4) is 0 Å². The molecule has 1 aromatic carbocycles. The second-order valence-corrected chi connectivity index (χ2v) is 8.40. The normalized spacial score (nSPS) is 27.0. The third-order valence-corrected chi connectivity index (χ3v) is 6.58. The number of hydrogen-bond donors (Lipinski definition) is 1. The van der Waals surface area contributed by atoms with Gasteiger partial charge in [0.25, 0.3) is 0 Å². The van der Waals surface area contributed by atoms with E-state index in [9.17, 15) is 5.11 Å². The Morgan fingerprint density at radius 2 is 1.93 bits per heavy atom. The highest BCUT2D eigenvalue weighted by atomic mass is 16.5. The van der Waals surface area contributed by atoms with Crippen LogP contribution in [0.2, 0.25) is 0 Å². The molecule has 150 valence electrons. The summed E-state index contributed by atoms with van der Waals surface area (Å²) >= 11 is 0. The van der Waals surface area contributed by atoms with Crippen LogP contribution in [-0.2, 0) is 6.54 Å². The molecule has 0 radical (unpaired) electrons. The van der Waals surface area contributed by atoms with Crippen LogP contribution in [0.4, 0.5) is 0 Å². The van der Waals surface area contributed by atoms with Crippen LogP contribution in [0.5, 0.6) is 11.5 Å². The lowest BCUT2D eigenvalue weighted by Crippen LogP contribution is -2.55. The van der Waals surface area contributed by atoms with Crippen LogP contribution in [-0.4, -0.2) is 66.4 Å². The fourth-order valence-electron chi connectivity index (χ4n) is 5.09. The average Bonchev–Trinajstić information content (AvgIpc) is 3.35. The van der Waals surface area contributed by atoms with Gasteiger partial charge in [0.1, 0.15) is 0 Å². The molecule has 0 amide bonds. The molecule has 0 spiro atoms. The molecule has 4 rings (SSSR count). The minimum atomic E-state index is 0.261. The van der Waals surface area contributed by atoms with Crippen LogP contribution >= 0.6 is 0 Å². The van der Waals surface area contributed by atoms with Gasteiger partial charge >= 0.3 is 0 Å². The minimum Gasteiger partial charge on any atom is -0.493 e. The van der Waals surface area contributed by atoms with Gasteiger partial charge in [0.2, 0.25) is 0 Å². The topological polar surface area (TPSA) is 45.2 Å². The predicted molar refractivity (Wildman–Crippen MR) is 106 cm³/mol. The molecule has 2 atom stereocenters. The van der Waals surface area contributed by atoms with Crippen molar-refractivity contribution in [2.24, 2.45) is 0 Å². The second kappa shape index (κ2) is 8.80. The zero-order valence-corrected chi connectivity index (χ0v) is 16.6. The predicted octanol–water partition coefficient (Wildman–Crippen LogP) is 3.05. The minimum absolute atomic E-state index is 0.261. The van der Waals surface area contributed by atoms with Crippen molar-refractivity contribution in [2.75, 3.05) is 33.4 Å². The quantitative estimate of drug-likeness (QED) is 0.795. The van der Waals surface area contributed by atoms with E-state index in [0.29, 0.717) is 18.2 Å². The maximum atomic E-state index is 9.52. The molecule has 3 fully saturated rings.